The number of benzene rings is 1. The van der Waals surface area contributed by atoms with Crippen LogP contribution in [0.2, 0.25) is 0 Å². The molecule has 2 N–H and O–H groups in total. The van der Waals surface area contributed by atoms with Crippen LogP contribution < -0.4 is 10.6 Å². The van der Waals surface area contributed by atoms with Gasteiger partial charge in [-0.25, -0.2) is 13.8 Å². The lowest BCUT2D eigenvalue weighted by Gasteiger charge is -2.11. The van der Waals surface area contributed by atoms with Gasteiger partial charge in [0, 0.05) is 24.6 Å². The minimum Gasteiger partial charge on any atom is -0.366 e. The normalized spacial score (nSPS) is 17.1. The molecule has 2 saturated carbocycles. The Morgan fingerprint density at radius 3 is 2.52 bits per heavy atom. The van der Waals surface area contributed by atoms with E-state index in [1.807, 2.05) is 6.07 Å². The molecule has 0 saturated heterocycles. The van der Waals surface area contributed by atoms with Gasteiger partial charge in [-0.1, -0.05) is 6.07 Å². The van der Waals surface area contributed by atoms with E-state index in [1.165, 1.54) is 18.9 Å². The summed E-state index contributed by atoms with van der Waals surface area (Å²) in [7, 11) is 0. The first kappa shape index (κ1) is 14.4. The molecular formula is C17H18F2N4. The van der Waals surface area contributed by atoms with E-state index in [2.05, 4.69) is 20.6 Å². The number of hydrogen-bond donors (Lipinski definition) is 2. The van der Waals surface area contributed by atoms with Gasteiger partial charge in [0.05, 0.1) is 5.69 Å². The van der Waals surface area contributed by atoms with Crippen LogP contribution in [0.25, 0.3) is 0 Å². The fourth-order valence-electron chi connectivity index (χ4n) is 2.46. The molecule has 1 heterocycles. The molecule has 0 unspecified atom stereocenters. The molecule has 0 bridgehead atoms. The van der Waals surface area contributed by atoms with Crippen LogP contribution in [0, 0.1) is 11.6 Å². The highest BCUT2D eigenvalue weighted by Gasteiger charge is 2.27. The van der Waals surface area contributed by atoms with Crippen molar-refractivity contribution in [1.29, 1.82) is 0 Å². The second-order valence-electron chi connectivity index (χ2n) is 6.30. The summed E-state index contributed by atoms with van der Waals surface area (Å²) in [5.41, 5.74) is 1.73. The number of halogens is 2. The fourth-order valence-corrected chi connectivity index (χ4v) is 2.46. The average Bonchev–Trinajstić information content (AvgIpc) is 3.42. The van der Waals surface area contributed by atoms with E-state index in [1.54, 1.807) is 6.07 Å². The molecule has 2 aliphatic rings. The first-order valence-electron chi connectivity index (χ1n) is 8.01. The third kappa shape index (κ3) is 3.57. The van der Waals surface area contributed by atoms with Crippen molar-refractivity contribution in [3.05, 3.63) is 47.2 Å². The second-order valence-corrected chi connectivity index (χ2v) is 6.30. The molecule has 2 aliphatic carbocycles. The number of hydrogen-bond acceptors (Lipinski definition) is 4. The van der Waals surface area contributed by atoms with E-state index in [4.69, 9.17) is 0 Å². The lowest BCUT2D eigenvalue weighted by molar-refractivity contribution is 0.507. The van der Waals surface area contributed by atoms with Crippen molar-refractivity contribution in [2.45, 2.75) is 44.2 Å². The van der Waals surface area contributed by atoms with Crippen molar-refractivity contribution in [3.63, 3.8) is 0 Å². The molecule has 0 spiro atoms. The fraction of sp³-hybridized carbons (Fsp3) is 0.412. The number of aromatic nitrogens is 2. The summed E-state index contributed by atoms with van der Waals surface area (Å²) in [4.78, 5) is 9.06. The molecule has 1 aromatic heterocycles. The highest BCUT2D eigenvalue weighted by atomic mass is 19.2. The number of nitrogens with one attached hydrogen (secondary N) is 2. The van der Waals surface area contributed by atoms with Gasteiger partial charge in [-0.2, -0.15) is 4.98 Å². The first-order chi connectivity index (χ1) is 11.2. The van der Waals surface area contributed by atoms with Crippen molar-refractivity contribution in [2.75, 3.05) is 10.6 Å². The molecule has 6 heteroatoms. The van der Waals surface area contributed by atoms with Gasteiger partial charge in [-0.05, 0) is 43.4 Å². The first-order valence-corrected chi connectivity index (χ1v) is 8.01. The minimum absolute atomic E-state index is 0.390. The van der Waals surface area contributed by atoms with E-state index in [9.17, 15) is 8.78 Å². The topological polar surface area (TPSA) is 49.8 Å². The molecule has 4 nitrogen and oxygen atoms in total. The zero-order valence-corrected chi connectivity index (χ0v) is 12.6. The van der Waals surface area contributed by atoms with E-state index >= 15 is 0 Å². The maximum Gasteiger partial charge on any atom is 0.225 e. The predicted molar refractivity (Wildman–Crippen MR) is 84.3 cm³/mol. The summed E-state index contributed by atoms with van der Waals surface area (Å²) in [6.45, 7) is 0.390. The highest BCUT2D eigenvalue weighted by molar-refractivity contribution is 5.45. The van der Waals surface area contributed by atoms with Gasteiger partial charge >= 0.3 is 0 Å². The van der Waals surface area contributed by atoms with Crippen molar-refractivity contribution in [3.8, 4) is 0 Å². The van der Waals surface area contributed by atoms with E-state index in [0.717, 1.165) is 30.4 Å². The Morgan fingerprint density at radius 1 is 1.00 bits per heavy atom. The Labute approximate surface area is 133 Å². The maximum absolute atomic E-state index is 13.3. The van der Waals surface area contributed by atoms with Gasteiger partial charge in [-0.3, -0.25) is 0 Å². The van der Waals surface area contributed by atoms with Crippen LogP contribution in [0.15, 0.2) is 24.3 Å². The molecule has 4 rings (SSSR count). The lowest BCUT2D eigenvalue weighted by atomic mass is 10.2. The van der Waals surface area contributed by atoms with Crippen LogP contribution in [0.1, 0.15) is 42.9 Å². The van der Waals surface area contributed by atoms with E-state index < -0.39 is 11.6 Å². The van der Waals surface area contributed by atoms with E-state index in [0.29, 0.717) is 30.0 Å². The standard InChI is InChI=1S/C17H18F2N4/c18-13-6-1-10(7-14(13)19)9-20-16-8-15(11-2-3-11)22-17(23-16)21-12-4-5-12/h1,6-8,11-12H,2-5,9H2,(H2,20,21,22,23). The average molecular weight is 316 g/mol. The highest BCUT2D eigenvalue weighted by Crippen LogP contribution is 2.40. The Kier molecular flexibility index (Phi) is 3.59. The van der Waals surface area contributed by atoms with Gasteiger partial charge in [0.1, 0.15) is 5.82 Å². The third-order valence-corrected chi connectivity index (χ3v) is 4.11. The summed E-state index contributed by atoms with van der Waals surface area (Å²) < 4.78 is 26.2. The van der Waals surface area contributed by atoms with Crippen molar-refractivity contribution < 1.29 is 8.78 Å². The summed E-state index contributed by atoms with van der Waals surface area (Å²) in [6.07, 6.45) is 4.66. The molecule has 0 amide bonds. The van der Waals surface area contributed by atoms with Gasteiger partial charge in [-0.15, -0.1) is 0 Å². The summed E-state index contributed by atoms with van der Waals surface area (Å²) in [5, 5.41) is 6.51. The largest absolute Gasteiger partial charge is 0.366 e. The number of anilines is 2. The molecular weight excluding hydrogens is 298 g/mol. The smallest absolute Gasteiger partial charge is 0.225 e. The lowest BCUT2D eigenvalue weighted by Crippen LogP contribution is -2.10. The SMILES string of the molecule is Fc1ccc(CNc2cc(C3CC3)nc(NC3CC3)n2)cc1F. The predicted octanol–water partition coefficient (Wildman–Crippen LogP) is 3.82. The Hall–Kier alpha value is -2.24. The van der Waals surface area contributed by atoms with Crippen molar-refractivity contribution in [2.24, 2.45) is 0 Å². The molecule has 0 aliphatic heterocycles. The van der Waals surface area contributed by atoms with Gasteiger partial charge in [0.25, 0.3) is 0 Å². The van der Waals surface area contributed by atoms with Crippen LogP contribution in [-0.2, 0) is 6.54 Å². The van der Waals surface area contributed by atoms with Crippen LogP contribution in [0.3, 0.4) is 0 Å². The molecule has 0 radical (unpaired) electrons. The van der Waals surface area contributed by atoms with Crippen LogP contribution in [-0.4, -0.2) is 16.0 Å². The monoisotopic (exact) mass is 316 g/mol. The second kappa shape index (κ2) is 5.76. The van der Waals surface area contributed by atoms with Gasteiger partial charge in [0.2, 0.25) is 5.95 Å². The zero-order chi connectivity index (χ0) is 15.8. The summed E-state index contributed by atoms with van der Waals surface area (Å²) in [6, 6.07) is 6.35. The minimum atomic E-state index is -0.832. The molecule has 2 fully saturated rings. The maximum atomic E-state index is 13.3. The summed E-state index contributed by atoms with van der Waals surface area (Å²) >= 11 is 0. The van der Waals surface area contributed by atoms with Crippen molar-refractivity contribution in [1.82, 2.24) is 9.97 Å². The van der Waals surface area contributed by atoms with Gasteiger partial charge < -0.3 is 10.6 Å². The van der Waals surface area contributed by atoms with Crippen LogP contribution in [0.5, 0.6) is 0 Å². The Balaban J connectivity index is 1.50. The summed E-state index contributed by atoms with van der Waals surface area (Å²) in [5.74, 6) is 0.241. The molecule has 120 valence electrons. The van der Waals surface area contributed by atoms with E-state index in [-0.39, 0.29) is 0 Å². The molecule has 2 aromatic rings. The molecule has 23 heavy (non-hydrogen) atoms. The van der Waals surface area contributed by atoms with Gasteiger partial charge in [0.15, 0.2) is 11.6 Å². The number of rotatable bonds is 6. The third-order valence-electron chi connectivity index (χ3n) is 4.11. The van der Waals surface area contributed by atoms with Crippen molar-refractivity contribution >= 4 is 11.8 Å². The zero-order valence-electron chi connectivity index (χ0n) is 12.6. The molecule has 0 atom stereocenters. The van der Waals surface area contributed by atoms with Crippen LogP contribution in [0.4, 0.5) is 20.5 Å². The Morgan fingerprint density at radius 2 is 1.83 bits per heavy atom. The van der Waals surface area contributed by atoms with Crippen LogP contribution >= 0.6 is 0 Å². The Bertz CT molecular complexity index is 727. The number of nitrogens with zero attached hydrogens (tertiary/aromatic N) is 2. The quantitative estimate of drug-likeness (QED) is 0.850. The molecule has 1 aromatic carbocycles.